The second kappa shape index (κ2) is 5.90. The third-order valence-electron chi connectivity index (χ3n) is 3.84. The van der Waals surface area contributed by atoms with Crippen molar-refractivity contribution in [3.63, 3.8) is 0 Å². The van der Waals surface area contributed by atoms with E-state index in [0.29, 0.717) is 6.61 Å². The average Bonchev–Trinajstić information content (AvgIpc) is 2.45. The van der Waals surface area contributed by atoms with Crippen LogP contribution in [-0.2, 0) is 15.9 Å². The molecule has 1 N–H and O–H groups in total. The second-order valence-electron chi connectivity index (χ2n) is 5.45. The standard InChI is InChI=1S/C15H22N2O2/c1-17-6-7-18-14(10-17)11-19-13-8-12-4-2-3-5-15(12)16-9-13/h2-5,13-14,16H,6-11H2,1H3. The molecular formula is C15H22N2O2. The molecule has 19 heavy (non-hydrogen) atoms. The van der Waals surface area contributed by atoms with Gasteiger partial charge in [0.05, 0.1) is 25.4 Å². The maximum Gasteiger partial charge on any atom is 0.0935 e. The number of anilines is 1. The van der Waals surface area contributed by atoms with Crippen LogP contribution in [0.3, 0.4) is 0 Å². The molecule has 2 unspecified atom stereocenters. The van der Waals surface area contributed by atoms with Crippen LogP contribution in [0.5, 0.6) is 0 Å². The van der Waals surface area contributed by atoms with Gasteiger partial charge in [-0.1, -0.05) is 18.2 Å². The minimum Gasteiger partial charge on any atom is -0.382 e. The first-order valence-corrected chi connectivity index (χ1v) is 7.05. The number of morpholine rings is 1. The number of benzene rings is 1. The number of likely N-dealkylation sites (N-methyl/N-ethyl adjacent to an activating group) is 1. The molecule has 1 aromatic rings. The van der Waals surface area contributed by atoms with Crippen molar-refractivity contribution in [2.45, 2.75) is 18.6 Å². The van der Waals surface area contributed by atoms with Crippen molar-refractivity contribution >= 4 is 5.69 Å². The van der Waals surface area contributed by atoms with Gasteiger partial charge in [0.1, 0.15) is 0 Å². The average molecular weight is 262 g/mol. The van der Waals surface area contributed by atoms with E-state index >= 15 is 0 Å². The monoisotopic (exact) mass is 262 g/mol. The van der Waals surface area contributed by atoms with Crippen molar-refractivity contribution in [3.8, 4) is 0 Å². The van der Waals surface area contributed by atoms with Crippen molar-refractivity contribution < 1.29 is 9.47 Å². The molecule has 1 saturated heterocycles. The lowest BCUT2D eigenvalue weighted by Crippen LogP contribution is -2.43. The summed E-state index contributed by atoms with van der Waals surface area (Å²) in [4.78, 5) is 2.30. The van der Waals surface area contributed by atoms with Gasteiger partial charge in [-0.25, -0.2) is 0 Å². The van der Waals surface area contributed by atoms with Crippen LogP contribution >= 0.6 is 0 Å². The Labute approximate surface area is 114 Å². The number of para-hydroxylation sites is 1. The van der Waals surface area contributed by atoms with Gasteiger partial charge in [0.25, 0.3) is 0 Å². The second-order valence-corrected chi connectivity index (χ2v) is 5.45. The zero-order valence-corrected chi connectivity index (χ0v) is 11.5. The molecule has 0 radical (unpaired) electrons. The van der Waals surface area contributed by atoms with Gasteiger partial charge in [0, 0.05) is 31.7 Å². The largest absolute Gasteiger partial charge is 0.382 e. The number of hydrogen-bond donors (Lipinski definition) is 1. The Kier molecular flexibility index (Phi) is 4.01. The van der Waals surface area contributed by atoms with Crippen molar-refractivity contribution in [1.29, 1.82) is 0 Å². The Morgan fingerprint density at radius 2 is 2.32 bits per heavy atom. The maximum atomic E-state index is 6.01. The van der Waals surface area contributed by atoms with Gasteiger partial charge >= 0.3 is 0 Å². The highest BCUT2D eigenvalue weighted by Crippen LogP contribution is 2.22. The lowest BCUT2D eigenvalue weighted by molar-refractivity contribution is -0.0782. The topological polar surface area (TPSA) is 33.7 Å². The quantitative estimate of drug-likeness (QED) is 0.892. The summed E-state index contributed by atoms with van der Waals surface area (Å²) in [5.74, 6) is 0. The molecule has 1 fully saturated rings. The molecule has 2 heterocycles. The minimum absolute atomic E-state index is 0.218. The van der Waals surface area contributed by atoms with E-state index in [-0.39, 0.29) is 12.2 Å². The van der Waals surface area contributed by atoms with Crippen molar-refractivity contribution in [3.05, 3.63) is 29.8 Å². The summed E-state index contributed by atoms with van der Waals surface area (Å²) in [5, 5.41) is 3.43. The predicted molar refractivity (Wildman–Crippen MR) is 75.6 cm³/mol. The fraction of sp³-hybridized carbons (Fsp3) is 0.600. The highest BCUT2D eigenvalue weighted by atomic mass is 16.5. The number of nitrogens with one attached hydrogen (secondary N) is 1. The first-order chi connectivity index (χ1) is 9.31. The Morgan fingerprint density at radius 3 is 3.21 bits per heavy atom. The van der Waals surface area contributed by atoms with Crippen LogP contribution in [0.4, 0.5) is 5.69 Å². The lowest BCUT2D eigenvalue weighted by Gasteiger charge is -2.32. The zero-order chi connectivity index (χ0) is 13.1. The number of nitrogens with zero attached hydrogens (tertiary/aromatic N) is 1. The molecule has 0 saturated carbocycles. The molecule has 0 spiro atoms. The van der Waals surface area contributed by atoms with Gasteiger partial charge in [-0.3, -0.25) is 0 Å². The van der Waals surface area contributed by atoms with E-state index in [4.69, 9.17) is 9.47 Å². The minimum atomic E-state index is 0.218. The number of rotatable bonds is 3. The highest BCUT2D eigenvalue weighted by Gasteiger charge is 2.22. The summed E-state index contributed by atoms with van der Waals surface area (Å²) in [6.45, 7) is 4.39. The van der Waals surface area contributed by atoms with Crippen LogP contribution in [0.25, 0.3) is 0 Å². The van der Waals surface area contributed by atoms with E-state index in [1.807, 2.05) is 0 Å². The third-order valence-corrected chi connectivity index (χ3v) is 3.84. The summed E-state index contributed by atoms with van der Waals surface area (Å²) in [5.41, 5.74) is 2.59. The number of ether oxygens (including phenoxy) is 2. The smallest absolute Gasteiger partial charge is 0.0935 e. The Bertz CT molecular complexity index is 424. The van der Waals surface area contributed by atoms with Gasteiger partial charge in [-0.2, -0.15) is 0 Å². The number of fused-ring (bicyclic) bond motifs is 1. The van der Waals surface area contributed by atoms with E-state index in [1.165, 1.54) is 11.3 Å². The Morgan fingerprint density at radius 1 is 1.42 bits per heavy atom. The van der Waals surface area contributed by atoms with Crippen LogP contribution in [-0.4, -0.2) is 57.0 Å². The molecule has 2 aliphatic heterocycles. The van der Waals surface area contributed by atoms with Gasteiger partial charge in [0.2, 0.25) is 0 Å². The molecule has 1 aromatic carbocycles. The van der Waals surface area contributed by atoms with Gasteiger partial charge < -0.3 is 19.7 Å². The van der Waals surface area contributed by atoms with Gasteiger partial charge in [0.15, 0.2) is 0 Å². The van der Waals surface area contributed by atoms with Gasteiger partial charge in [-0.05, 0) is 18.7 Å². The third kappa shape index (κ3) is 3.26. The molecule has 104 valence electrons. The normalized spacial score (nSPS) is 27.6. The number of hydrogen-bond acceptors (Lipinski definition) is 4. The summed E-state index contributed by atoms with van der Waals surface area (Å²) in [7, 11) is 2.13. The van der Waals surface area contributed by atoms with Crippen LogP contribution in [0, 0.1) is 0 Å². The molecule has 4 nitrogen and oxygen atoms in total. The van der Waals surface area contributed by atoms with Crippen molar-refractivity contribution in [1.82, 2.24) is 4.90 Å². The van der Waals surface area contributed by atoms with Crippen LogP contribution in [0.1, 0.15) is 5.56 Å². The van der Waals surface area contributed by atoms with E-state index in [1.54, 1.807) is 0 Å². The highest BCUT2D eigenvalue weighted by molar-refractivity contribution is 5.53. The fourth-order valence-corrected chi connectivity index (χ4v) is 2.74. The van der Waals surface area contributed by atoms with Crippen LogP contribution < -0.4 is 5.32 Å². The SMILES string of the molecule is CN1CCOC(COC2CNc3ccccc3C2)C1. The van der Waals surface area contributed by atoms with Crippen LogP contribution in [0.15, 0.2) is 24.3 Å². The van der Waals surface area contributed by atoms with Crippen molar-refractivity contribution in [2.75, 3.05) is 45.2 Å². The van der Waals surface area contributed by atoms with E-state index in [0.717, 1.165) is 32.7 Å². The molecule has 2 atom stereocenters. The summed E-state index contributed by atoms with van der Waals surface area (Å²) in [6.07, 6.45) is 1.47. The van der Waals surface area contributed by atoms with E-state index in [2.05, 4.69) is 41.5 Å². The molecule has 2 aliphatic rings. The molecule has 0 aliphatic carbocycles. The maximum absolute atomic E-state index is 6.01. The summed E-state index contributed by atoms with van der Waals surface area (Å²) < 4.78 is 11.7. The molecular weight excluding hydrogens is 240 g/mol. The lowest BCUT2D eigenvalue weighted by atomic mass is 10.0. The van der Waals surface area contributed by atoms with Crippen molar-refractivity contribution in [2.24, 2.45) is 0 Å². The van der Waals surface area contributed by atoms with Crippen LogP contribution in [0.2, 0.25) is 0 Å². The molecule has 0 amide bonds. The Hall–Kier alpha value is -1.10. The Balaban J connectivity index is 1.49. The molecule has 4 heteroatoms. The zero-order valence-electron chi connectivity index (χ0n) is 11.5. The van der Waals surface area contributed by atoms with E-state index in [9.17, 15) is 0 Å². The predicted octanol–water partition coefficient (Wildman–Crippen LogP) is 1.37. The molecule has 3 rings (SSSR count). The first kappa shape index (κ1) is 12.9. The molecule has 0 bridgehead atoms. The first-order valence-electron chi connectivity index (χ1n) is 7.05. The summed E-state index contributed by atoms with van der Waals surface area (Å²) >= 11 is 0. The fourth-order valence-electron chi connectivity index (χ4n) is 2.74. The molecule has 0 aromatic heterocycles. The summed E-state index contributed by atoms with van der Waals surface area (Å²) in [6, 6.07) is 8.45. The van der Waals surface area contributed by atoms with Gasteiger partial charge in [-0.15, -0.1) is 0 Å². The van der Waals surface area contributed by atoms with E-state index < -0.39 is 0 Å².